The van der Waals surface area contributed by atoms with Crippen LogP contribution in [0.25, 0.3) is 0 Å². The van der Waals surface area contributed by atoms with Crippen molar-refractivity contribution in [3.05, 3.63) is 11.6 Å². The van der Waals surface area contributed by atoms with Gasteiger partial charge in [-0.25, -0.2) is 0 Å². The largest absolute Gasteiger partial charge is 0.317 e. The van der Waals surface area contributed by atoms with E-state index in [0.29, 0.717) is 0 Å². The highest BCUT2D eigenvalue weighted by Gasteiger charge is 2.15. The van der Waals surface area contributed by atoms with Crippen LogP contribution in [-0.4, -0.2) is 13.1 Å². The maximum Gasteiger partial charge on any atom is -0.00433 e. The summed E-state index contributed by atoms with van der Waals surface area (Å²) in [7, 11) is 0. The fraction of sp³-hybridized carbons (Fsp3) is 0.846. The molecule has 1 heteroatoms. The van der Waals surface area contributed by atoms with Gasteiger partial charge in [-0.3, -0.25) is 0 Å². The molecule has 1 aliphatic carbocycles. The number of rotatable bonds is 1. The van der Waals surface area contributed by atoms with Gasteiger partial charge in [0.05, 0.1) is 0 Å². The molecule has 1 nitrogen and oxygen atoms in total. The van der Waals surface area contributed by atoms with Crippen LogP contribution in [0.15, 0.2) is 11.6 Å². The Bertz CT molecular complexity index is 201. The van der Waals surface area contributed by atoms with Gasteiger partial charge in [0.2, 0.25) is 0 Å². The molecule has 0 unspecified atom stereocenters. The predicted molar refractivity (Wildman–Crippen MR) is 61.3 cm³/mol. The molecule has 1 saturated heterocycles. The zero-order valence-electron chi connectivity index (χ0n) is 9.39. The molecule has 0 aromatic rings. The highest BCUT2D eigenvalue weighted by Crippen LogP contribution is 2.30. The first-order valence-electron chi connectivity index (χ1n) is 6.25. The summed E-state index contributed by atoms with van der Waals surface area (Å²) in [5, 5.41) is 3.43. The van der Waals surface area contributed by atoms with E-state index in [2.05, 4.69) is 18.3 Å². The molecule has 1 atom stereocenters. The van der Waals surface area contributed by atoms with E-state index >= 15 is 0 Å². The van der Waals surface area contributed by atoms with Crippen LogP contribution >= 0.6 is 0 Å². The maximum atomic E-state index is 3.43. The molecule has 2 aliphatic rings. The molecule has 0 aromatic carbocycles. The van der Waals surface area contributed by atoms with Gasteiger partial charge in [0, 0.05) is 0 Å². The standard InChI is InChI=1S/C13H23N/c1-11-3-2-4-13(9-11)10-12-5-7-14-8-6-12/h10-12,14H,2-9H2,1H3/b13-10+/t11-/m1/s1. The molecule has 1 N–H and O–H groups in total. The smallest absolute Gasteiger partial charge is 0.00433 e. The Labute approximate surface area is 88.0 Å². The number of piperidine rings is 1. The third-order valence-corrected chi connectivity index (χ3v) is 3.66. The lowest BCUT2D eigenvalue weighted by Gasteiger charge is -2.25. The normalized spacial score (nSPS) is 33.5. The molecule has 0 spiro atoms. The maximum absolute atomic E-state index is 3.43. The lowest BCUT2D eigenvalue weighted by molar-refractivity contribution is 0.417. The summed E-state index contributed by atoms with van der Waals surface area (Å²) in [6.45, 7) is 4.85. The summed E-state index contributed by atoms with van der Waals surface area (Å²) in [6.07, 6.45) is 11.0. The highest BCUT2D eigenvalue weighted by molar-refractivity contribution is 5.08. The number of hydrogen-bond acceptors (Lipinski definition) is 1. The second-order valence-electron chi connectivity index (χ2n) is 5.11. The molecule has 80 valence electrons. The van der Waals surface area contributed by atoms with E-state index in [9.17, 15) is 0 Å². The lowest BCUT2D eigenvalue weighted by Crippen LogP contribution is -2.27. The van der Waals surface area contributed by atoms with Crippen molar-refractivity contribution in [3.8, 4) is 0 Å². The van der Waals surface area contributed by atoms with Gasteiger partial charge in [0.15, 0.2) is 0 Å². The zero-order valence-corrected chi connectivity index (χ0v) is 9.39. The summed E-state index contributed by atoms with van der Waals surface area (Å²) < 4.78 is 0. The Morgan fingerprint density at radius 2 is 2.00 bits per heavy atom. The van der Waals surface area contributed by atoms with E-state index in [-0.39, 0.29) is 0 Å². The van der Waals surface area contributed by atoms with E-state index in [1.807, 2.05) is 0 Å². The molecular weight excluding hydrogens is 170 g/mol. The van der Waals surface area contributed by atoms with Gasteiger partial charge in [-0.2, -0.15) is 0 Å². The lowest BCUT2D eigenvalue weighted by atomic mass is 9.84. The van der Waals surface area contributed by atoms with Gasteiger partial charge in [0.1, 0.15) is 0 Å². The van der Waals surface area contributed by atoms with Crippen LogP contribution in [0, 0.1) is 11.8 Å². The summed E-state index contributed by atoms with van der Waals surface area (Å²) >= 11 is 0. The average Bonchev–Trinajstić information content (AvgIpc) is 2.19. The summed E-state index contributed by atoms with van der Waals surface area (Å²) in [5.41, 5.74) is 1.76. The fourth-order valence-corrected chi connectivity index (χ4v) is 2.82. The van der Waals surface area contributed by atoms with Gasteiger partial charge in [-0.1, -0.05) is 25.0 Å². The fourth-order valence-electron chi connectivity index (χ4n) is 2.82. The molecule has 0 aromatic heterocycles. The Balaban J connectivity index is 1.88. The first kappa shape index (κ1) is 10.2. The van der Waals surface area contributed by atoms with Crippen LogP contribution in [0.3, 0.4) is 0 Å². The van der Waals surface area contributed by atoms with Crippen molar-refractivity contribution < 1.29 is 0 Å². The Hall–Kier alpha value is -0.300. The van der Waals surface area contributed by atoms with Crippen molar-refractivity contribution in [1.29, 1.82) is 0 Å². The van der Waals surface area contributed by atoms with Gasteiger partial charge in [-0.15, -0.1) is 0 Å². The minimum absolute atomic E-state index is 0.886. The molecule has 0 bridgehead atoms. The van der Waals surface area contributed by atoms with Crippen LogP contribution in [0.4, 0.5) is 0 Å². The molecule has 14 heavy (non-hydrogen) atoms. The van der Waals surface area contributed by atoms with E-state index in [0.717, 1.165) is 11.8 Å². The van der Waals surface area contributed by atoms with Crippen molar-refractivity contribution in [2.24, 2.45) is 11.8 Å². The van der Waals surface area contributed by atoms with Crippen LogP contribution in [0.5, 0.6) is 0 Å². The van der Waals surface area contributed by atoms with E-state index in [1.165, 1.54) is 51.6 Å². The van der Waals surface area contributed by atoms with E-state index in [1.54, 1.807) is 5.57 Å². The molecule has 0 amide bonds. The quantitative estimate of drug-likeness (QED) is 0.631. The van der Waals surface area contributed by atoms with Gasteiger partial charge in [-0.05, 0) is 57.0 Å². The Kier molecular flexibility index (Phi) is 3.63. The third kappa shape index (κ3) is 2.84. The monoisotopic (exact) mass is 193 g/mol. The second-order valence-corrected chi connectivity index (χ2v) is 5.11. The molecule has 1 saturated carbocycles. The average molecular weight is 193 g/mol. The predicted octanol–water partition coefficient (Wildman–Crippen LogP) is 3.12. The van der Waals surface area contributed by atoms with Crippen LogP contribution in [0.1, 0.15) is 45.4 Å². The van der Waals surface area contributed by atoms with E-state index in [4.69, 9.17) is 0 Å². The molecule has 1 heterocycles. The third-order valence-electron chi connectivity index (χ3n) is 3.66. The first-order chi connectivity index (χ1) is 6.84. The van der Waals surface area contributed by atoms with Gasteiger partial charge in [0.25, 0.3) is 0 Å². The first-order valence-corrected chi connectivity index (χ1v) is 6.25. The van der Waals surface area contributed by atoms with Crippen LogP contribution < -0.4 is 5.32 Å². The zero-order chi connectivity index (χ0) is 9.80. The minimum Gasteiger partial charge on any atom is -0.317 e. The second kappa shape index (κ2) is 4.97. The Morgan fingerprint density at radius 3 is 2.71 bits per heavy atom. The molecule has 2 rings (SSSR count). The number of hydrogen-bond donors (Lipinski definition) is 1. The molecule has 0 radical (unpaired) electrons. The minimum atomic E-state index is 0.886. The molecule has 1 aliphatic heterocycles. The highest BCUT2D eigenvalue weighted by atomic mass is 14.9. The SMILES string of the molecule is C[C@@H]1CCC/C(=C\C2CCNCC2)C1. The summed E-state index contributed by atoms with van der Waals surface area (Å²) in [6, 6.07) is 0. The summed E-state index contributed by atoms with van der Waals surface area (Å²) in [4.78, 5) is 0. The number of allylic oxidation sites excluding steroid dienone is 2. The summed E-state index contributed by atoms with van der Waals surface area (Å²) in [5.74, 6) is 1.83. The topological polar surface area (TPSA) is 12.0 Å². The Morgan fingerprint density at radius 1 is 1.21 bits per heavy atom. The number of nitrogens with one attached hydrogen (secondary N) is 1. The van der Waals surface area contributed by atoms with E-state index < -0.39 is 0 Å². The van der Waals surface area contributed by atoms with Gasteiger partial charge < -0.3 is 5.32 Å². The van der Waals surface area contributed by atoms with Crippen molar-refractivity contribution >= 4 is 0 Å². The van der Waals surface area contributed by atoms with Crippen molar-refractivity contribution in [1.82, 2.24) is 5.32 Å². The van der Waals surface area contributed by atoms with Crippen molar-refractivity contribution in [3.63, 3.8) is 0 Å². The molecular formula is C13H23N. The van der Waals surface area contributed by atoms with Crippen LogP contribution in [0.2, 0.25) is 0 Å². The van der Waals surface area contributed by atoms with Gasteiger partial charge >= 0.3 is 0 Å². The van der Waals surface area contributed by atoms with Crippen molar-refractivity contribution in [2.45, 2.75) is 45.4 Å². The van der Waals surface area contributed by atoms with Crippen LogP contribution in [-0.2, 0) is 0 Å². The van der Waals surface area contributed by atoms with Crippen molar-refractivity contribution in [2.75, 3.05) is 13.1 Å². The molecule has 2 fully saturated rings.